The van der Waals surface area contributed by atoms with Gasteiger partial charge >= 0.3 is 0 Å². The van der Waals surface area contributed by atoms with Crippen molar-refractivity contribution in [3.8, 4) is 0 Å². The van der Waals surface area contributed by atoms with Crippen molar-refractivity contribution in [3.05, 3.63) is 11.1 Å². The Morgan fingerprint density at radius 2 is 2.00 bits per heavy atom. The highest BCUT2D eigenvalue weighted by atomic mass is 79.9. The molecule has 2 heteroatoms. The van der Waals surface area contributed by atoms with Crippen molar-refractivity contribution in [2.24, 2.45) is 5.41 Å². The van der Waals surface area contributed by atoms with Crippen LogP contribution in [0.5, 0.6) is 0 Å². The van der Waals surface area contributed by atoms with E-state index in [0.29, 0.717) is 11.5 Å². The lowest BCUT2D eigenvalue weighted by Gasteiger charge is -2.28. The molecule has 0 aliphatic heterocycles. The van der Waals surface area contributed by atoms with Crippen LogP contribution in [0.25, 0.3) is 0 Å². The smallest absolute Gasteiger partial charge is 0.0268 e. The van der Waals surface area contributed by atoms with E-state index in [1.165, 1.54) is 0 Å². The predicted molar refractivity (Wildman–Crippen MR) is 55.0 cm³/mol. The van der Waals surface area contributed by atoms with Crippen LogP contribution in [-0.2, 0) is 0 Å². The summed E-state index contributed by atoms with van der Waals surface area (Å²) in [5.41, 5.74) is 0.322. The first-order valence-corrected chi connectivity index (χ1v) is 4.70. The molecule has 1 N–H and O–H groups in total. The minimum absolute atomic E-state index is 0.322. The number of rotatable bonds is 3. The van der Waals surface area contributed by atoms with E-state index in [-0.39, 0.29) is 0 Å². The molecular weight excluding hydrogens is 202 g/mol. The second kappa shape index (κ2) is 4.27. The van der Waals surface area contributed by atoms with E-state index in [0.717, 1.165) is 11.0 Å². The molecule has 0 spiro atoms. The lowest BCUT2D eigenvalue weighted by atomic mass is 9.88. The van der Waals surface area contributed by atoms with Crippen LogP contribution in [0.4, 0.5) is 0 Å². The largest absolute Gasteiger partial charge is 0.309 e. The van der Waals surface area contributed by atoms with Crippen molar-refractivity contribution < 1.29 is 0 Å². The summed E-state index contributed by atoms with van der Waals surface area (Å²) < 4.78 is 1.01. The van der Waals surface area contributed by atoms with E-state index in [9.17, 15) is 0 Å². The summed E-state index contributed by atoms with van der Waals surface area (Å²) in [5.74, 6) is 0. The normalized spacial score (nSPS) is 14.6. The Bertz CT molecular complexity index is 135. The fourth-order valence-corrected chi connectivity index (χ4v) is 0.732. The van der Waals surface area contributed by atoms with Crippen LogP contribution in [0.15, 0.2) is 11.1 Å². The third kappa shape index (κ3) is 5.45. The zero-order chi connectivity index (χ0) is 9.07. The third-order valence-electron chi connectivity index (χ3n) is 1.90. The molecule has 66 valence electrons. The van der Waals surface area contributed by atoms with Gasteiger partial charge in [-0.05, 0) is 12.3 Å². The van der Waals surface area contributed by atoms with Crippen molar-refractivity contribution in [2.75, 3.05) is 6.54 Å². The molecule has 1 unspecified atom stereocenters. The average molecular weight is 220 g/mol. The van der Waals surface area contributed by atoms with Crippen LogP contribution in [0.1, 0.15) is 27.7 Å². The molecule has 0 aromatic heterocycles. The van der Waals surface area contributed by atoms with Crippen LogP contribution in [0, 0.1) is 5.41 Å². The average Bonchev–Trinajstić information content (AvgIpc) is 1.80. The van der Waals surface area contributed by atoms with E-state index in [1.807, 2.05) is 0 Å². The van der Waals surface area contributed by atoms with Crippen LogP contribution >= 0.6 is 15.9 Å². The van der Waals surface area contributed by atoms with Gasteiger partial charge in [-0.3, -0.25) is 0 Å². The molecule has 0 saturated heterocycles. The fourth-order valence-electron chi connectivity index (χ4n) is 0.570. The zero-order valence-corrected chi connectivity index (χ0v) is 9.46. The topological polar surface area (TPSA) is 12.0 Å². The Morgan fingerprint density at radius 3 is 2.27 bits per heavy atom. The Hall–Kier alpha value is 0.180. The van der Waals surface area contributed by atoms with Gasteiger partial charge in [-0.15, -0.1) is 0 Å². The van der Waals surface area contributed by atoms with Crippen molar-refractivity contribution in [1.29, 1.82) is 0 Å². The Morgan fingerprint density at radius 1 is 1.55 bits per heavy atom. The number of hydrogen-bond donors (Lipinski definition) is 1. The molecule has 0 fully saturated rings. The van der Waals surface area contributed by atoms with Crippen molar-refractivity contribution >= 4 is 15.9 Å². The van der Waals surface area contributed by atoms with Gasteiger partial charge in [0.05, 0.1) is 0 Å². The Balaban J connectivity index is 3.70. The molecule has 0 radical (unpaired) electrons. The summed E-state index contributed by atoms with van der Waals surface area (Å²) in [6.07, 6.45) is 0. The van der Waals surface area contributed by atoms with Crippen LogP contribution in [0.2, 0.25) is 0 Å². The van der Waals surface area contributed by atoms with E-state index < -0.39 is 0 Å². The summed E-state index contributed by atoms with van der Waals surface area (Å²) in [7, 11) is 0. The predicted octanol–water partition coefficient (Wildman–Crippen LogP) is 2.92. The van der Waals surface area contributed by atoms with Crippen LogP contribution < -0.4 is 5.32 Å². The Labute approximate surface area is 78.4 Å². The van der Waals surface area contributed by atoms with E-state index >= 15 is 0 Å². The van der Waals surface area contributed by atoms with Gasteiger partial charge in [0.1, 0.15) is 0 Å². The molecule has 0 rings (SSSR count). The number of hydrogen-bond acceptors (Lipinski definition) is 1. The quantitative estimate of drug-likeness (QED) is 0.771. The summed E-state index contributed by atoms with van der Waals surface area (Å²) in [6, 6.07) is 0.511. The molecule has 0 aliphatic rings. The zero-order valence-electron chi connectivity index (χ0n) is 7.87. The highest BCUT2D eigenvalue weighted by Crippen LogP contribution is 2.18. The van der Waals surface area contributed by atoms with Crippen molar-refractivity contribution in [1.82, 2.24) is 5.32 Å². The number of nitrogens with one attached hydrogen (secondary N) is 1. The van der Waals surface area contributed by atoms with Gasteiger partial charge in [-0.1, -0.05) is 43.3 Å². The first-order valence-electron chi connectivity index (χ1n) is 3.90. The summed E-state index contributed by atoms with van der Waals surface area (Å²) in [6.45, 7) is 13.5. The van der Waals surface area contributed by atoms with Gasteiger partial charge in [-0.25, -0.2) is 0 Å². The highest BCUT2D eigenvalue weighted by molar-refractivity contribution is 9.11. The fraction of sp³-hybridized carbons (Fsp3) is 0.778. The monoisotopic (exact) mass is 219 g/mol. The minimum atomic E-state index is 0.322. The first kappa shape index (κ1) is 11.2. The molecule has 11 heavy (non-hydrogen) atoms. The molecule has 0 aromatic rings. The van der Waals surface area contributed by atoms with Gasteiger partial charge in [0.15, 0.2) is 0 Å². The molecular formula is C9H18BrN. The maximum atomic E-state index is 3.76. The van der Waals surface area contributed by atoms with Gasteiger partial charge in [-0.2, -0.15) is 0 Å². The molecule has 0 heterocycles. The molecule has 0 bridgehead atoms. The summed E-state index contributed by atoms with van der Waals surface area (Å²) >= 11 is 3.31. The molecule has 1 atom stereocenters. The molecule has 0 saturated carbocycles. The highest BCUT2D eigenvalue weighted by Gasteiger charge is 2.18. The summed E-state index contributed by atoms with van der Waals surface area (Å²) in [4.78, 5) is 0. The van der Waals surface area contributed by atoms with Gasteiger partial charge in [0, 0.05) is 17.1 Å². The van der Waals surface area contributed by atoms with Crippen LogP contribution in [-0.4, -0.2) is 12.6 Å². The molecule has 0 aromatic carbocycles. The third-order valence-corrected chi connectivity index (χ3v) is 2.18. The second-order valence-corrected chi connectivity index (χ2v) is 5.11. The number of halogens is 1. The van der Waals surface area contributed by atoms with E-state index in [1.54, 1.807) is 0 Å². The van der Waals surface area contributed by atoms with E-state index in [2.05, 4.69) is 55.5 Å². The summed E-state index contributed by atoms with van der Waals surface area (Å²) in [5, 5.41) is 3.38. The lowest BCUT2D eigenvalue weighted by molar-refractivity contribution is 0.294. The lowest BCUT2D eigenvalue weighted by Crippen LogP contribution is -2.38. The molecule has 0 amide bonds. The first-order chi connectivity index (χ1) is 4.84. The van der Waals surface area contributed by atoms with Crippen molar-refractivity contribution in [2.45, 2.75) is 33.7 Å². The Kier molecular flexibility index (Phi) is 4.34. The standard InChI is InChI=1S/C9H18BrN/c1-7(10)6-11-8(2)9(3,4)5/h8,11H,1,6H2,2-5H3. The van der Waals surface area contributed by atoms with E-state index in [4.69, 9.17) is 0 Å². The second-order valence-electron chi connectivity index (χ2n) is 3.99. The minimum Gasteiger partial charge on any atom is -0.309 e. The van der Waals surface area contributed by atoms with Crippen molar-refractivity contribution in [3.63, 3.8) is 0 Å². The van der Waals surface area contributed by atoms with Gasteiger partial charge < -0.3 is 5.32 Å². The molecule has 0 aliphatic carbocycles. The van der Waals surface area contributed by atoms with Gasteiger partial charge in [0.25, 0.3) is 0 Å². The van der Waals surface area contributed by atoms with Gasteiger partial charge in [0.2, 0.25) is 0 Å². The van der Waals surface area contributed by atoms with Crippen LogP contribution in [0.3, 0.4) is 0 Å². The molecule has 1 nitrogen and oxygen atoms in total. The maximum absolute atomic E-state index is 3.76. The maximum Gasteiger partial charge on any atom is 0.0268 e. The SMILES string of the molecule is C=C(Br)CNC(C)C(C)(C)C.